The third-order valence-corrected chi connectivity index (χ3v) is 4.60. The van der Waals surface area contributed by atoms with Crippen molar-refractivity contribution in [2.24, 2.45) is 7.05 Å². The third-order valence-electron chi connectivity index (χ3n) is 4.60. The fraction of sp³-hybridized carbons (Fsp3) is 0.412. The van der Waals surface area contributed by atoms with Crippen LogP contribution in [-0.4, -0.2) is 32.3 Å². The highest BCUT2D eigenvalue weighted by molar-refractivity contribution is 5.76. The first-order chi connectivity index (χ1) is 10.5. The number of nitrogens with zero attached hydrogens (tertiary/aromatic N) is 3. The number of carboxylic acid groups (broad SMARTS) is 1. The largest absolute Gasteiger partial charge is 0.480 e. The molecule has 1 atom stereocenters. The lowest BCUT2D eigenvalue weighted by atomic mass is 9.95. The quantitative estimate of drug-likeness (QED) is 0.944. The number of fused-ring (bicyclic) bond motifs is 1. The summed E-state index contributed by atoms with van der Waals surface area (Å²) in [6.07, 6.45) is 0.887. The van der Waals surface area contributed by atoms with E-state index in [0.29, 0.717) is 6.54 Å². The molecule has 0 amide bonds. The van der Waals surface area contributed by atoms with E-state index in [0.717, 1.165) is 29.9 Å². The van der Waals surface area contributed by atoms with E-state index in [2.05, 4.69) is 17.2 Å². The minimum Gasteiger partial charge on any atom is -0.480 e. The van der Waals surface area contributed by atoms with Gasteiger partial charge in [0.15, 0.2) is 0 Å². The van der Waals surface area contributed by atoms with Crippen LogP contribution in [0.1, 0.15) is 34.1 Å². The van der Waals surface area contributed by atoms with E-state index in [9.17, 15) is 9.90 Å². The van der Waals surface area contributed by atoms with Gasteiger partial charge in [-0.15, -0.1) is 0 Å². The van der Waals surface area contributed by atoms with E-state index in [1.54, 1.807) is 4.68 Å². The van der Waals surface area contributed by atoms with E-state index in [1.165, 1.54) is 11.1 Å². The molecular weight excluding hydrogens is 278 g/mol. The molecule has 1 aromatic carbocycles. The predicted octanol–water partition coefficient (Wildman–Crippen LogP) is 2.22. The molecule has 5 nitrogen and oxygen atoms in total. The van der Waals surface area contributed by atoms with Crippen LogP contribution in [0.5, 0.6) is 0 Å². The van der Waals surface area contributed by atoms with Crippen LogP contribution in [0.15, 0.2) is 24.3 Å². The lowest BCUT2D eigenvalue weighted by Crippen LogP contribution is -2.38. The second-order valence-electron chi connectivity index (χ2n) is 5.94. The maximum Gasteiger partial charge on any atom is 0.325 e. The normalized spacial score (nSPS) is 16.3. The van der Waals surface area contributed by atoms with Crippen molar-refractivity contribution in [3.05, 3.63) is 52.3 Å². The van der Waals surface area contributed by atoms with Crippen LogP contribution >= 0.6 is 0 Å². The first kappa shape index (κ1) is 14.8. The van der Waals surface area contributed by atoms with Crippen molar-refractivity contribution in [2.45, 2.75) is 32.9 Å². The summed E-state index contributed by atoms with van der Waals surface area (Å²) in [6, 6.07) is 7.63. The number of aromatic nitrogens is 2. The average molecular weight is 299 g/mol. The molecule has 3 rings (SSSR count). The van der Waals surface area contributed by atoms with Crippen molar-refractivity contribution in [3.8, 4) is 0 Å². The first-order valence-electron chi connectivity index (χ1n) is 7.52. The van der Waals surface area contributed by atoms with E-state index >= 15 is 0 Å². The van der Waals surface area contributed by atoms with Crippen LogP contribution in [0.25, 0.3) is 0 Å². The lowest BCUT2D eigenvalue weighted by molar-refractivity contribution is -0.144. The highest BCUT2D eigenvalue weighted by atomic mass is 16.4. The smallest absolute Gasteiger partial charge is 0.325 e. The summed E-state index contributed by atoms with van der Waals surface area (Å²) < 4.78 is 1.76. The van der Waals surface area contributed by atoms with Crippen LogP contribution in [0.2, 0.25) is 0 Å². The SMILES string of the molecule is Cc1nn(C)c(C)c1C(C(=O)O)N1CCc2ccccc2C1. The molecule has 0 spiro atoms. The monoisotopic (exact) mass is 299 g/mol. The van der Waals surface area contributed by atoms with Gasteiger partial charge in [0, 0.05) is 31.4 Å². The van der Waals surface area contributed by atoms with Crippen LogP contribution in [-0.2, 0) is 24.8 Å². The summed E-state index contributed by atoms with van der Waals surface area (Å²) in [5.41, 5.74) is 5.09. The predicted molar refractivity (Wildman–Crippen MR) is 83.6 cm³/mol. The highest BCUT2D eigenvalue weighted by Gasteiger charge is 2.33. The van der Waals surface area contributed by atoms with Gasteiger partial charge in [-0.25, -0.2) is 0 Å². The molecule has 1 aliphatic heterocycles. The third kappa shape index (κ3) is 2.41. The number of benzene rings is 1. The van der Waals surface area contributed by atoms with Crippen molar-refractivity contribution >= 4 is 5.97 Å². The second-order valence-corrected chi connectivity index (χ2v) is 5.94. The Morgan fingerprint density at radius 2 is 1.95 bits per heavy atom. The highest BCUT2D eigenvalue weighted by Crippen LogP contribution is 2.31. The van der Waals surface area contributed by atoms with Gasteiger partial charge in [0.25, 0.3) is 0 Å². The minimum absolute atomic E-state index is 0.637. The van der Waals surface area contributed by atoms with Gasteiger partial charge < -0.3 is 5.11 Å². The molecule has 0 saturated heterocycles. The summed E-state index contributed by atoms with van der Waals surface area (Å²) in [6.45, 7) is 5.24. The number of aliphatic carboxylic acids is 1. The van der Waals surface area contributed by atoms with E-state index in [4.69, 9.17) is 0 Å². The molecule has 0 radical (unpaired) electrons. The number of hydrogen-bond acceptors (Lipinski definition) is 3. The molecule has 22 heavy (non-hydrogen) atoms. The molecule has 0 saturated carbocycles. The fourth-order valence-electron chi connectivity index (χ4n) is 3.39. The van der Waals surface area contributed by atoms with Gasteiger partial charge >= 0.3 is 5.97 Å². The van der Waals surface area contributed by atoms with Crippen molar-refractivity contribution in [1.82, 2.24) is 14.7 Å². The molecule has 1 aromatic heterocycles. The molecule has 0 bridgehead atoms. The van der Waals surface area contributed by atoms with Crippen LogP contribution in [0.3, 0.4) is 0 Å². The van der Waals surface area contributed by atoms with Crippen molar-refractivity contribution in [2.75, 3.05) is 6.54 Å². The zero-order valence-electron chi connectivity index (χ0n) is 13.2. The first-order valence-corrected chi connectivity index (χ1v) is 7.52. The van der Waals surface area contributed by atoms with E-state index in [1.807, 2.05) is 37.9 Å². The van der Waals surface area contributed by atoms with Crippen LogP contribution in [0, 0.1) is 13.8 Å². The Labute approximate surface area is 130 Å². The maximum atomic E-state index is 11.9. The van der Waals surface area contributed by atoms with Gasteiger partial charge in [0.05, 0.1) is 5.69 Å². The Bertz CT molecular complexity index is 721. The number of aryl methyl sites for hydroxylation is 2. The number of rotatable bonds is 3. The number of hydrogen-bond donors (Lipinski definition) is 1. The summed E-state index contributed by atoms with van der Waals surface area (Å²) in [4.78, 5) is 14.0. The van der Waals surface area contributed by atoms with Gasteiger partial charge in [-0.1, -0.05) is 24.3 Å². The Morgan fingerprint density at radius 1 is 1.27 bits per heavy atom. The standard InChI is InChI=1S/C17H21N3O2/c1-11-15(12(2)19(3)18-11)16(17(21)22)20-9-8-13-6-4-5-7-14(13)10-20/h4-7,16H,8-10H2,1-3H3,(H,21,22). The van der Waals surface area contributed by atoms with Crippen LogP contribution in [0.4, 0.5) is 0 Å². The Balaban J connectivity index is 1.98. The van der Waals surface area contributed by atoms with Gasteiger partial charge in [0.2, 0.25) is 0 Å². The molecule has 2 heterocycles. The summed E-state index contributed by atoms with van der Waals surface area (Å²) in [5, 5.41) is 14.2. The van der Waals surface area contributed by atoms with Crippen molar-refractivity contribution in [3.63, 3.8) is 0 Å². The fourth-order valence-corrected chi connectivity index (χ4v) is 3.39. The Hall–Kier alpha value is -2.14. The molecule has 0 fully saturated rings. The van der Waals surface area contributed by atoms with Gasteiger partial charge in [-0.3, -0.25) is 14.4 Å². The number of carboxylic acids is 1. The lowest BCUT2D eigenvalue weighted by Gasteiger charge is -2.33. The van der Waals surface area contributed by atoms with E-state index in [-0.39, 0.29) is 0 Å². The number of carbonyl (C=O) groups is 1. The summed E-state index contributed by atoms with van der Waals surface area (Å²) >= 11 is 0. The zero-order valence-corrected chi connectivity index (χ0v) is 13.2. The Morgan fingerprint density at radius 3 is 2.55 bits per heavy atom. The molecule has 1 aliphatic rings. The molecule has 0 aliphatic carbocycles. The average Bonchev–Trinajstić information content (AvgIpc) is 2.74. The molecule has 1 unspecified atom stereocenters. The minimum atomic E-state index is -0.807. The molecule has 116 valence electrons. The maximum absolute atomic E-state index is 11.9. The topological polar surface area (TPSA) is 58.4 Å². The van der Waals surface area contributed by atoms with Crippen molar-refractivity contribution < 1.29 is 9.90 Å². The molecular formula is C17H21N3O2. The second kappa shape index (κ2) is 5.57. The molecule has 1 N–H and O–H groups in total. The van der Waals surface area contributed by atoms with Gasteiger partial charge in [0.1, 0.15) is 6.04 Å². The molecule has 5 heteroatoms. The van der Waals surface area contributed by atoms with Crippen LogP contribution < -0.4 is 0 Å². The summed E-state index contributed by atoms with van der Waals surface area (Å²) in [5.74, 6) is -0.807. The van der Waals surface area contributed by atoms with E-state index < -0.39 is 12.0 Å². The van der Waals surface area contributed by atoms with Gasteiger partial charge in [-0.05, 0) is 31.4 Å². The van der Waals surface area contributed by atoms with Crippen molar-refractivity contribution in [1.29, 1.82) is 0 Å². The summed E-state index contributed by atoms with van der Waals surface area (Å²) in [7, 11) is 1.86. The Kier molecular flexibility index (Phi) is 3.74. The zero-order chi connectivity index (χ0) is 15.9. The molecule has 2 aromatic rings. The van der Waals surface area contributed by atoms with Gasteiger partial charge in [-0.2, -0.15) is 5.10 Å².